The zero-order valence-corrected chi connectivity index (χ0v) is 42.7. The van der Waals surface area contributed by atoms with Gasteiger partial charge in [-0.05, 0) is 96.8 Å². The SMILES string of the molecule is CCCCCCCCCCCCCCCOCCOCCOCCOCCC[Si](C)(O[Si](C)(C)O[Si](C)(C)C)O[Si](C)(CCCOCC(O)O)O[Si](C)(C)C. The largest absolute Gasteiger partial charge is 0.437 e. The highest BCUT2D eigenvalue weighted by atomic mass is 28.5. The zero-order chi connectivity index (χ0) is 41.5. The van der Waals surface area contributed by atoms with Gasteiger partial charge in [-0.3, -0.25) is 0 Å². The van der Waals surface area contributed by atoms with Gasteiger partial charge in [0.2, 0.25) is 0 Å². The molecule has 0 aliphatic heterocycles. The summed E-state index contributed by atoms with van der Waals surface area (Å²) in [5, 5.41) is 18.3. The van der Waals surface area contributed by atoms with Crippen LogP contribution in [0.5, 0.6) is 0 Å². The van der Waals surface area contributed by atoms with E-state index in [2.05, 4.69) is 72.4 Å². The van der Waals surface area contributed by atoms with Gasteiger partial charge < -0.3 is 50.4 Å². The number of hydrogen-bond donors (Lipinski definition) is 2. The van der Waals surface area contributed by atoms with Crippen molar-refractivity contribution in [1.29, 1.82) is 0 Å². The molecule has 0 heterocycles. The predicted octanol–water partition coefficient (Wildman–Crippen LogP) is 9.83. The minimum Gasteiger partial charge on any atom is -0.437 e. The van der Waals surface area contributed by atoms with E-state index in [4.69, 9.17) is 50.4 Å². The second kappa shape index (κ2) is 32.4. The van der Waals surface area contributed by atoms with Crippen molar-refractivity contribution in [3.63, 3.8) is 0 Å². The van der Waals surface area contributed by atoms with Gasteiger partial charge in [-0.25, -0.2) is 0 Å². The Bertz CT molecular complexity index is 880. The molecular formula is C39H90O11Si5. The monoisotopic (exact) mass is 875 g/mol. The fourth-order valence-electron chi connectivity index (χ4n) is 6.79. The van der Waals surface area contributed by atoms with Crippen LogP contribution in [-0.4, -0.2) is 125 Å². The number of ether oxygens (including phenoxy) is 5. The fraction of sp³-hybridized carbons (Fsp3) is 1.00. The summed E-state index contributed by atoms with van der Waals surface area (Å²) in [5.74, 6) is 0. The summed E-state index contributed by atoms with van der Waals surface area (Å²) < 4.78 is 56.0. The molecule has 0 fully saturated rings. The molecule has 0 bridgehead atoms. The Morgan fingerprint density at radius 2 is 0.709 bits per heavy atom. The van der Waals surface area contributed by atoms with Crippen LogP contribution in [-0.2, 0) is 40.1 Å². The van der Waals surface area contributed by atoms with Crippen molar-refractivity contribution in [1.82, 2.24) is 0 Å². The van der Waals surface area contributed by atoms with Crippen LogP contribution >= 0.6 is 0 Å². The molecule has 0 spiro atoms. The van der Waals surface area contributed by atoms with Crippen molar-refractivity contribution in [2.24, 2.45) is 0 Å². The van der Waals surface area contributed by atoms with Crippen LogP contribution < -0.4 is 0 Å². The Labute approximate surface area is 344 Å². The number of aliphatic hydroxyl groups excluding tert-OH is 1. The summed E-state index contributed by atoms with van der Waals surface area (Å²) in [7, 11) is -11.7. The maximum atomic E-state index is 9.14. The molecule has 11 nitrogen and oxygen atoms in total. The first-order chi connectivity index (χ1) is 25.8. The van der Waals surface area contributed by atoms with Crippen molar-refractivity contribution in [2.45, 2.75) is 187 Å². The molecule has 16 heteroatoms. The van der Waals surface area contributed by atoms with E-state index in [9.17, 15) is 0 Å². The minimum atomic E-state index is -2.77. The average Bonchev–Trinajstić information content (AvgIpc) is 3.03. The minimum absolute atomic E-state index is 0.106. The Morgan fingerprint density at radius 3 is 1.11 bits per heavy atom. The van der Waals surface area contributed by atoms with Gasteiger partial charge >= 0.3 is 25.7 Å². The molecule has 0 aromatic carbocycles. The van der Waals surface area contributed by atoms with Gasteiger partial charge in [-0.2, -0.15) is 0 Å². The maximum Gasteiger partial charge on any atom is 0.317 e. The molecule has 2 N–H and O–H groups in total. The van der Waals surface area contributed by atoms with E-state index in [1.165, 1.54) is 77.0 Å². The quantitative estimate of drug-likeness (QED) is 0.0347. The van der Waals surface area contributed by atoms with Crippen LogP contribution in [0.4, 0.5) is 0 Å². The normalized spacial score (nSPS) is 15.2. The summed E-state index contributed by atoms with van der Waals surface area (Å²) in [5.41, 5.74) is 0. The number of aliphatic hydroxyl groups is 2. The van der Waals surface area contributed by atoms with Gasteiger partial charge in [0.05, 0.1) is 46.2 Å². The van der Waals surface area contributed by atoms with Crippen LogP contribution in [0.25, 0.3) is 0 Å². The first-order valence-corrected chi connectivity index (χ1v) is 36.5. The molecule has 0 aliphatic carbocycles. The molecule has 55 heavy (non-hydrogen) atoms. The first-order valence-electron chi connectivity index (χ1n) is 21.9. The number of hydrogen-bond acceptors (Lipinski definition) is 11. The third kappa shape index (κ3) is 38.6. The number of rotatable bonds is 41. The van der Waals surface area contributed by atoms with Crippen LogP contribution in [0, 0.1) is 0 Å². The van der Waals surface area contributed by atoms with E-state index in [1.807, 2.05) is 0 Å². The molecule has 0 radical (unpaired) electrons. The Morgan fingerprint density at radius 1 is 0.364 bits per heavy atom. The maximum absolute atomic E-state index is 9.14. The molecule has 0 aliphatic rings. The molecule has 0 aromatic rings. The summed E-state index contributed by atoms with van der Waals surface area (Å²) in [6.07, 6.45) is 17.7. The summed E-state index contributed by atoms with van der Waals surface area (Å²) in [4.78, 5) is 0. The molecule has 0 rings (SSSR count). The summed E-state index contributed by atoms with van der Waals surface area (Å²) >= 11 is 0. The third-order valence-corrected chi connectivity index (χ3v) is 26.8. The Balaban J connectivity index is 4.35. The molecular weight excluding hydrogens is 785 g/mol. The second-order valence-electron chi connectivity index (χ2n) is 17.8. The van der Waals surface area contributed by atoms with Gasteiger partial charge in [0.15, 0.2) is 22.9 Å². The van der Waals surface area contributed by atoms with E-state index < -0.39 is 48.6 Å². The fourth-order valence-corrected chi connectivity index (χ4v) is 30.5. The van der Waals surface area contributed by atoms with Crippen molar-refractivity contribution in [3.05, 3.63) is 0 Å². The molecule has 0 amide bonds. The van der Waals surface area contributed by atoms with E-state index in [0.29, 0.717) is 59.3 Å². The molecule has 0 aromatic heterocycles. The lowest BCUT2D eigenvalue weighted by molar-refractivity contribution is -0.0945. The van der Waals surface area contributed by atoms with Gasteiger partial charge in [0, 0.05) is 19.8 Å². The van der Waals surface area contributed by atoms with Gasteiger partial charge in [0.25, 0.3) is 0 Å². The van der Waals surface area contributed by atoms with Gasteiger partial charge in [-0.1, -0.05) is 84.0 Å². The van der Waals surface area contributed by atoms with Crippen LogP contribution in [0.1, 0.15) is 103 Å². The van der Waals surface area contributed by atoms with Crippen molar-refractivity contribution >= 4 is 42.3 Å². The topological polar surface area (TPSA) is 124 Å². The van der Waals surface area contributed by atoms with Crippen LogP contribution in [0.15, 0.2) is 0 Å². The Hall–Kier alpha value is 0.644. The summed E-state index contributed by atoms with van der Waals surface area (Å²) in [6, 6.07) is 1.49. The van der Waals surface area contributed by atoms with Gasteiger partial charge in [0.1, 0.15) is 0 Å². The van der Waals surface area contributed by atoms with Crippen molar-refractivity contribution in [3.8, 4) is 0 Å². The van der Waals surface area contributed by atoms with E-state index in [0.717, 1.165) is 31.5 Å². The standard InChI is InChI=1S/C39H90O11Si5/c1-12-13-14-15-16-17-18-19-20-21-22-23-24-27-42-30-32-44-34-35-45-33-31-43-28-25-37-55(11,49-53(8,9)47-51(2,3)4)50-54(10,48-52(5,6)7)36-26-29-46-38-39(40)41/h39-41H,12-38H2,1-11H3. The molecule has 0 saturated carbocycles. The first kappa shape index (κ1) is 55.6. The molecule has 2 unspecified atom stereocenters. The average molecular weight is 876 g/mol. The predicted molar refractivity (Wildman–Crippen MR) is 239 cm³/mol. The van der Waals surface area contributed by atoms with Crippen molar-refractivity contribution in [2.75, 3.05) is 66.1 Å². The van der Waals surface area contributed by atoms with E-state index in [1.54, 1.807) is 0 Å². The van der Waals surface area contributed by atoms with E-state index >= 15 is 0 Å². The highest BCUT2D eigenvalue weighted by Crippen LogP contribution is 2.32. The lowest BCUT2D eigenvalue weighted by Crippen LogP contribution is -2.60. The van der Waals surface area contributed by atoms with Gasteiger partial charge in [-0.15, -0.1) is 0 Å². The van der Waals surface area contributed by atoms with Crippen LogP contribution in [0.2, 0.25) is 77.6 Å². The molecule has 0 saturated heterocycles. The lowest BCUT2D eigenvalue weighted by Gasteiger charge is -2.44. The number of unbranched alkanes of at least 4 members (excludes halogenated alkanes) is 12. The molecule has 2 atom stereocenters. The van der Waals surface area contributed by atoms with Crippen molar-refractivity contribution < 1.29 is 50.4 Å². The highest BCUT2D eigenvalue weighted by molar-refractivity contribution is 6.90. The second-order valence-corrected chi connectivity index (χ2v) is 37.8. The summed E-state index contributed by atoms with van der Waals surface area (Å²) in [6.45, 7) is 29.0. The highest BCUT2D eigenvalue weighted by Gasteiger charge is 2.48. The Kier molecular flexibility index (Phi) is 32.8. The zero-order valence-electron chi connectivity index (χ0n) is 37.7. The van der Waals surface area contributed by atoms with E-state index in [-0.39, 0.29) is 6.61 Å². The lowest BCUT2D eigenvalue weighted by atomic mass is 10.0. The molecule has 332 valence electrons. The van der Waals surface area contributed by atoms with Crippen LogP contribution in [0.3, 0.4) is 0 Å². The third-order valence-electron chi connectivity index (χ3n) is 8.58. The smallest absolute Gasteiger partial charge is 0.317 e.